The average Bonchev–Trinajstić information content (AvgIpc) is 2.49. The van der Waals surface area contributed by atoms with Crippen LogP contribution in [0.25, 0.3) is 0 Å². The quantitative estimate of drug-likeness (QED) is 0.795. The molecule has 1 heterocycles. The van der Waals surface area contributed by atoms with E-state index >= 15 is 0 Å². The normalized spacial score (nSPS) is 19.8. The molecule has 1 aromatic rings. The van der Waals surface area contributed by atoms with E-state index in [9.17, 15) is 13.2 Å². The molecule has 1 aromatic carbocycles. The van der Waals surface area contributed by atoms with Crippen LogP contribution in [0.3, 0.4) is 0 Å². The van der Waals surface area contributed by atoms with Gasteiger partial charge in [0.05, 0.1) is 5.56 Å². The van der Waals surface area contributed by atoms with Gasteiger partial charge < -0.3 is 10.6 Å². The van der Waals surface area contributed by atoms with Crippen molar-refractivity contribution in [2.24, 2.45) is 0 Å². The minimum atomic E-state index is -4.40. The zero-order chi connectivity index (χ0) is 15.0. The van der Waals surface area contributed by atoms with Gasteiger partial charge in [0.25, 0.3) is 0 Å². The van der Waals surface area contributed by atoms with Crippen molar-refractivity contribution in [2.75, 3.05) is 29.5 Å². The molecule has 0 unspecified atom stereocenters. The lowest BCUT2D eigenvalue weighted by atomic mass is 10.1. The zero-order valence-corrected chi connectivity index (χ0v) is 12.4. The molecule has 0 bridgehead atoms. The molecule has 1 fully saturated rings. The molecule has 6 heteroatoms. The molecule has 0 atom stereocenters. The van der Waals surface area contributed by atoms with Crippen LogP contribution in [0.5, 0.6) is 0 Å². The van der Waals surface area contributed by atoms with Gasteiger partial charge in [-0.2, -0.15) is 24.9 Å². The predicted molar refractivity (Wildman–Crippen MR) is 79.2 cm³/mol. The van der Waals surface area contributed by atoms with E-state index in [1.807, 2.05) is 16.7 Å². The van der Waals surface area contributed by atoms with Gasteiger partial charge >= 0.3 is 6.18 Å². The molecule has 112 valence electrons. The van der Waals surface area contributed by atoms with E-state index in [0.29, 0.717) is 5.69 Å². The van der Waals surface area contributed by atoms with Gasteiger partial charge in [-0.25, -0.2) is 0 Å². The fourth-order valence-electron chi connectivity index (χ4n) is 2.26. The number of rotatable bonds is 1. The molecule has 2 rings (SSSR count). The van der Waals surface area contributed by atoms with Crippen molar-refractivity contribution in [1.82, 2.24) is 0 Å². The Hall–Kier alpha value is -1.04. The van der Waals surface area contributed by atoms with Crippen LogP contribution in [0.15, 0.2) is 18.2 Å². The summed E-state index contributed by atoms with van der Waals surface area (Å²) in [5, 5.41) is 0. The standard InChI is InChI=1S/C14H19F3N2S/c1-13(2)5-6-19(7-8-20-13)10-3-4-12(18)11(9-10)14(15,16)17/h3-4,9H,5-8,18H2,1-2H3. The van der Waals surface area contributed by atoms with E-state index in [1.54, 1.807) is 6.07 Å². The molecule has 0 saturated carbocycles. The van der Waals surface area contributed by atoms with E-state index in [-0.39, 0.29) is 10.4 Å². The Labute approximate surface area is 121 Å². The maximum Gasteiger partial charge on any atom is 0.418 e. The summed E-state index contributed by atoms with van der Waals surface area (Å²) in [6.45, 7) is 5.87. The molecule has 0 amide bonds. The highest BCUT2D eigenvalue weighted by Gasteiger charge is 2.34. The number of thioether (sulfide) groups is 1. The average molecular weight is 304 g/mol. The van der Waals surface area contributed by atoms with Crippen molar-refractivity contribution in [3.8, 4) is 0 Å². The number of anilines is 2. The van der Waals surface area contributed by atoms with E-state index in [1.165, 1.54) is 12.1 Å². The summed E-state index contributed by atoms with van der Waals surface area (Å²) >= 11 is 1.86. The Morgan fingerprint density at radius 3 is 2.60 bits per heavy atom. The number of nitrogens with zero attached hydrogens (tertiary/aromatic N) is 1. The molecular weight excluding hydrogens is 285 g/mol. The van der Waals surface area contributed by atoms with Crippen molar-refractivity contribution in [1.29, 1.82) is 0 Å². The molecule has 0 radical (unpaired) electrons. The molecule has 20 heavy (non-hydrogen) atoms. The number of hydrogen-bond acceptors (Lipinski definition) is 3. The molecule has 2 N–H and O–H groups in total. The number of nitrogen functional groups attached to an aromatic ring is 1. The van der Waals surface area contributed by atoms with E-state index in [4.69, 9.17) is 5.73 Å². The van der Waals surface area contributed by atoms with Crippen LogP contribution in [-0.2, 0) is 6.18 Å². The molecule has 1 saturated heterocycles. The third-order valence-electron chi connectivity index (χ3n) is 3.55. The highest BCUT2D eigenvalue weighted by atomic mass is 32.2. The second kappa shape index (κ2) is 5.39. The number of hydrogen-bond donors (Lipinski definition) is 1. The summed E-state index contributed by atoms with van der Waals surface area (Å²) in [5.41, 5.74) is 5.08. The fraction of sp³-hybridized carbons (Fsp3) is 0.571. The van der Waals surface area contributed by atoms with Gasteiger partial charge in [0.2, 0.25) is 0 Å². The van der Waals surface area contributed by atoms with Crippen LogP contribution in [0.2, 0.25) is 0 Å². The number of benzene rings is 1. The summed E-state index contributed by atoms with van der Waals surface area (Å²) in [6, 6.07) is 4.19. The van der Waals surface area contributed by atoms with Crippen LogP contribution in [0.1, 0.15) is 25.8 Å². The summed E-state index contributed by atoms with van der Waals surface area (Å²) in [7, 11) is 0. The van der Waals surface area contributed by atoms with E-state index < -0.39 is 11.7 Å². The maximum atomic E-state index is 12.9. The first-order valence-electron chi connectivity index (χ1n) is 6.55. The smallest absolute Gasteiger partial charge is 0.398 e. The van der Waals surface area contributed by atoms with Gasteiger partial charge in [-0.05, 0) is 24.6 Å². The first-order valence-corrected chi connectivity index (χ1v) is 7.53. The molecule has 1 aliphatic heterocycles. The summed E-state index contributed by atoms with van der Waals surface area (Å²) < 4.78 is 38.9. The van der Waals surface area contributed by atoms with Gasteiger partial charge in [-0.1, -0.05) is 13.8 Å². The van der Waals surface area contributed by atoms with Crippen LogP contribution >= 0.6 is 11.8 Å². The molecule has 0 spiro atoms. The molecule has 0 aromatic heterocycles. The lowest BCUT2D eigenvalue weighted by Crippen LogP contribution is -2.27. The van der Waals surface area contributed by atoms with Gasteiger partial charge in [-0.15, -0.1) is 0 Å². The number of halogens is 3. The topological polar surface area (TPSA) is 29.3 Å². The number of alkyl halides is 3. The second-order valence-electron chi connectivity index (χ2n) is 5.61. The minimum Gasteiger partial charge on any atom is -0.398 e. The zero-order valence-electron chi connectivity index (χ0n) is 11.6. The van der Waals surface area contributed by atoms with Crippen LogP contribution in [-0.4, -0.2) is 23.6 Å². The third-order valence-corrected chi connectivity index (χ3v) is 4.92. The van der Waals surface area contributed by atoms with Gasteiger partial charge in [0.1, 0.15) is 0 Å². The SMILES string of the molecule is CC1(C)CCN(c2ccc(N)c(C(F)(F)F)c2)CCS1. The van der Waals surface area contributed by atoms with Gasteiger partial charge in [0.15, 0.2) is 0 Å². The van der Waals surface area contributed by atoms with Crippen molar-refractivity contribution >= 4 is 23.1 Å². The Morgan fingerprint density at radius 2 is 1.95 bits per heavy atom. The molecule has 1 aliphatic rings. The Morgan fingerprint density at radius 1 is 1.25 bits per heavy atom. The monoisotopic (exact) mass is 304 g/mol. The van der Waals surface area contributed by atoms with E-state index in [2.05, 4.69) is 13.8 Å². The first-order chi connectivity index (χ1) is 9.19. The first kappa shape index (κ1) is 15.4. The Kier molecular flexibility index (Phi) is 4.14. The molecule has 2 nitrogen and oxygen atoms in total. The van der Waals surface area contributed by atoms with Gasteiger partial charge in [0, 0.05) is 35.0 Å². The van der Waals surface area contributed by atoms with Crippen molar-refractivity contribution in [3.63, 3.8) is 0 Å². The largest absolute Gasteiger partial charge is 0.418 e. The van der Waals surface area contributed by atoms with Crippen LogP contribution in [0, 0.1) is 0 Å². The van der Waals surface area contributed by atoms with Gasteiger partial charge in [-0.3, -0.25) is 0 Å². The predicted octanol–water partition coefficient (Wildman–Crippen LogP) is 4.01. The minimum absolute atomic E-state index is 0.176. The van der Waals surface area contributed by atoms with Crippen LogP contribution < -0.4 is 10.6 Å². The Balaban J connectivity index is 2.25. The van der Waals surface area contributed by atoms with Crippen molar-refractivity contribution in [2.45, 2.75) is 31.2 Å². The number of nitrogens with two attached hydrogens (primary N) is 1. The summed E-state index contributed by atoms with van der Waals surface area (Å²) in [4.78, 5) is 2.01. The molecular formula is C14H19F3N2S. The maximum absolute atomic E-state index is 12.9. The second-order valence-corrected chi connectivity index (χ2v) is 7.42. The highest BCUT2D eigenvalue weighted by molar-refractivity contribution is 8.00. The van der Waals surface area contributed by atoms with Crippen molar-refractivity contribution in [3.05, 3.63) is 23.8 Å². The van der Waals surface area contributed by atoms with Crippen molar-refractivity contribution < 1.29 is 13.2 Å². The fourth-order valence-corrected chi connectivity index (χ4v) is 3.36. The summed E-state index contributed by atoms with van der Waals surface area (Å²) in [5.74, 6) is 0.915. The highest BCUT2D eigenvalue weighted by Crippen LogP contribution is 2.37. The van der Waals surface area contributed by atoms with Crippen LogP contribution in [0.4, 0.5) is 24.5 Å². The lowest BCUT2D eigenvalue weighted by Gasteiger charge is -2.25. The third kappa shape index (κ3) is 3.53. The molecule has 0 aliphatic carbocycles. The Bertz CT molecular complexity index is 486. The van der Waals surface area contributed by atoms with E-state index in [0.717, 1.165) is 25.3 Å². The lowest BCUT2D eigenvalue weighted by molar-refractivity contribution is -0.136. The summed E-state index contributed by atoms with van der Waals surface area (Å²) in [6.07, 6.45) is -3.46.